The van der Waals surface area contributed by atoms with Crippen LogP contribution < -0.4 is 5.73 Å². The van der Waals surface area contributed by atoms with Crippen molar-refractivity contribution in [1.29, 1.82) is 0 Å². The van der Waals surface area contributed by atoms with E-state index in [2.05, 4.69) is 0 Å². The van der Waals surface area contributed by atoms with Crippen LogP contribution in [0.15, 0.2) is 23.1 Å². The van der Waals surface area contributed by atoms with E-state index in [0.29, 0.717) is 12.3 Å². The number of nitrogens with zero attached hydrogens (tertiary/aromatic N) is 1. The zero-order chi connectivity index (χ0) is 13.1. The minimum absolute atomic E-state index is 0.0685. The summed E-state index contributed by atoms with van der Waals surface area (Å²) in [5, 5.41) is 0. The standard InChI is InChI=1S/C10H15FN2O2S2/c1-13(6-7-16-2)17(14,15)10-8(11)4-3-5-9(10)12/h3-5H,6-7,12H2,1-2H3. The molecule has 0 radical (unpaired) electrons. The summed E-state index contributed by atoms with van der Waals surface area (Å²) >= 11 is 1.52. The normalized spacial score (nSPS) is 12.0. The predicted octanol–water partition coefficient (Wildman–Crippen LogP) is 1.39. The average molecular weight is 278 g/mol. The third kappa shape index (κ3) is 3.11. The molecule has 0 aliphatic carbocycles. The van der Waals surface area contributed by atoms with E-state index < -0.39 is 20.7 Å². The molecule has 0 amide bonds. The monoisotopic (exact) mass is 278 g/mol. The number of hydrogen-bond donors (Lipinski definition) is 1. The molecular formula is C10H15FN2O2S2. The van der Waals surface area contributed by atoms with Crippen molar-refractivity contribution in [2.75, 3.05) is 31.3 Å². The molecule has 0 atom stereocenters. The van der Waals surface area contributed by atoms with Crippen molar-refractivity contribution in [2.24, 2.45) is 0 Å². The molecule has 17 heavy (non-hydrogen) atoms. The number of sulfonamides is 1. The van der Waals surface area contributed by atoms with Crippen LogP contribution >= 0.6 is 11.8 Å². The third-order valence-corrected chi connectivity index (χ3v) is 4.82. The molecule has 0 aliphatic rings. The Morgan fingerprint density at radius 3 is 2.65 bits per heavy atom. The molecule has 0 aliphatic heterocycles. The van der Waals surface area contributed by atoms with Crippen LogP contribution in [0.2, 0.25) is 0 Å². The molecule has 0 fully saturated rings. The molecular weight excluding hydrogens is 263 g/mol. The lowest BCUT2D eigenvalue weighted by molar-refractivity contribution is 0.480. The van der Waals surface area contributed by atoms with E-state index in [1.807, 2.05) is 6.26 Å². The van der Waals surface area contributed by atoms with Crippen LogP contribution in [0.5, 0.6) is 0 Å². The van der Waals surface area contributed by atoms with Gasteiger partial charge in [-0.1, -0.05) is 6.07 Å². The zero-order valence-corrected chi connectivity index (χ0v) is 11.3. The number of halogens is 1. The van der Waals surface area contributed by atoms with Crippen LogP contribution in [0, 0.1) is 5.82 Å². The van der Waals surface area contributed by atoms with Gasteiger partial charge in [0.2, 0.25) is 10.0 Å². The first-order chi connectivity index (χ1) is 7.91. The minimum atomic E-state index is -3.85. The van der Waals surface area contributed by atoms with Gasteiger partial charge in [0.05, 0.1) is 5.69 Å². The summed E-state index contributed by atoms with van der Waals surface area (Å²) in [5.41, 5.74) is 5.45. The van der Waals surface area contributed by atoms with E-state index in [-0.39, 0.29) is 5.69 Å². The quantitative estimate of drug-likeness (QED) is 0.827. The zero-order valence-electron chi connectivity index (χ0n) is 9.68. The van der Waals surface area contributed by atoms with E-state index >= 15 is 0 Å². The van der Waals surface area contributed by atoms with Crippen LogP contribution in [-0.2, 0) is 10.0 Å². The molecule has 0 unspecified atom stereocenters. The van der Waals surface area contributed by atoms with Gasteiger partial charge in [-0.25, -0.2) is 12.8 Å². The summed E-state index contributed by atoms with van der Waals surface area (Å²) < 4.78 is 38.8. The number of hydrogen-bond acceptors (Lipinski definition) is 4. The fourth-order valence-corrected chi connectivity index (χ4v) is 3.19. The van der Waals surface area contributed by atoms with Gasteiger partial charge in [-0.3, -0.25) is 0 Å². The summed E-state index contributed by atoms with van der Waals surface area (Å²) in [4.78, 5) is -0.441. The Morgan fingerprint density at radius 1 is 1.47 bits per heavy atom. The van der Waals surface area contributed by atoms with Crippen molar-refractivity contribution in [2.45, 2.75) is 4.90 Å². The lowest BCUT2D eigenvalue weighted by Crippen LogP contribution is -2.30. The van der Waals surface area contributed by atoms with Crippen LogP contribution in [0.25, 0.3) is 0 Å². The van der Waals surface area contributed by atoms with Gasteiger partial charge in [0.1, 0.15) is 10.7 Å². The Hall–Kier alpha value is -0.790. The second kappa shape index (κ2) is 5.70. The highest BCUT2D eigenvalue weighted by atomic mass is 32.2. The van der Waals surface area contributed by atoms with Crippen LogP contribution in [0.1, 0.15) is 0 Å². The number of anilines is 1. The molecule has 4 nitrogen and oxygen atoms in total. The molecule has 0 spiro atoms. The summed E-state index contributed by atoms with van der Waals surface area (Å²) in [6.07, 6.45) is 1.87. The Labute approximate surface area is 105 Å². The number of nitrogens with two attached hydrogens (primary N) is 1. The second-order valence-electron chi connectivity index (χ2n) is 3.48. The maximum absolute atomic E-state index is 13.5. The smallest absolute Gasteiger partial charge is 0.247 e. The van der Waals surface area contributed by atoms with Crippen molar-refractivity contribution in [3.05, 3.63) is 24.0 Å². The van der Waals surface area contributed by atoms with Gasteiger partial charge in [-0.15, -0.1) is 0 Å². The Bertz CT molecular complexity index is 471. The van der Waals surface area contributed by atoms with Gasteiger partial charge in [0.25, 0.3) is 0 Å². The second-order valence-corrected chi connectivity index (χ2v) is 6.44. The molecule has 0 saturated carbocycles. The molecule has 0 bridgehead atoms. The fourth-order valence-electron chi connectivity index (χ4n) is 1.29. The van der Waals surface area contributed by atoms with Gasteiger partial charge in [-0.05, 0) is 18.4 Å². The molecule has 0 saturated heterocycles. The number of nitrogen functional groups attached to an aromatic ring is 1. The maximum Gasteiger partial charge on any atom is 0.247 e. The van der Waals surface area contributed by atoms with E-state index in [0.717, 1.165) is 10.4 Å². The molecule has 7 heteroatoms. The molecule has 0 aromatic heterocycles. The SMILES string of the molecule is CSCCN(C)S(=O)(=O)c1c(N)cccc1F. The highest BCUT2D eigenvalue weighted by Gasteiger charge is 2.26. The van der Waals surface area contributed by atoms with Gasteiger partial charge in [-0.2, -0.15) is 16.1 Å². The Kier molecular flexibility index (Phi) is 4.79. The molecule has 1 aromatic rings. The highest BCUT2D eigenvalue weighted by molar-refractivity contribution is 7.98. The van der Waals surface area contributed by atoms with Crippen LogP contribution in [0.4, 0.5) is 10.1 Å². The van der Waals surface area contributed by atoms with Crippen molar-refractivity contribution in [3.63, 3.8) is 0 Å². The van der Waals surface area contributed by atoms with Crippen molar-refractivity contribution in [3.8, 4) is 0 Å². The lowest BCUT2D eigenvalue weighted by Gasteiger charge is -2.18. The number of thioether (sulfide) groups is 1. The summed E-state index contributed by atoms with van der Waals surface area (Å²) in [5.74, 6) is -0.176. The Morgan fingerprint density at radius 2 is 2.12 bits per heavy atom. The maximum atomic E-state index is 13.5. The fraction of sp³-hybridized carbons (Fsp3) is 0.400. The van der Waals surface area contributed by atoms with Gasteiger partial charge in [0, 0.05) is 19.3 Å². The van der Waals surface area contributed by atoms with Gasteiger partial charge in [0.15, 0.2) is 0 Å². The third-order valence-electron chi connectivity index (χ3n) is 2.28. The predicted molar refractivity (Wildman–Crippen MR) is 69.0 cm³/mol. The highest BCUT2D eigenvalue weighted by Crippen LogP contribution is 2.24. The van der Waals surface area contributed by atoms with E-state index in [1.165, 1.54) is 30.9 Å². The lowest BCUT2D eigenvalue weighted by atomic mass is 10.3. The van der Waals surface area contributed by atoms with E-state index in [1.54, 1.807) is 0 Å². The molecule has 1 rings (SSSR count). The average Bonchev–Trinajstić information content (AvgIpc) is 2.25. The number of rotatable bonds is 5. The number of benzene rings is 1. The summed E-state index contributed by atoms with van der Waals surface area (Å²) in [6.45, 7) is 0.317. The van der Waals surface area contributed by atoms with Gasteiger partial charge < -0.3 is 5.73 Å². The molecule has 0 heterocycles. The molecule has 1 aromatic carbocycles. The molecule has 2 N–H and O–H groups in total. The largest absolute Gasteiger partial charge is 0.398 e. The first-order valence-electron chi connectivity index (χ1n) is 4.90. The van der Waals surface area contributed by atoms with Crippen LogP contribution in [0.3, 0.4) is 0 Å². The van der Waals surface area contributed by atoms with Crippen LogP contribution in [-0.4, -0.2) is 38.3 Å². The topological polar surface area (TPSA) is 63.4 Å². The molecule has 96 valence electrons. The first-order valence-corrected chi connectivity index (χ1v) is 7.74. The summed E-state index contributed by atoms with van der Waals surface area (Å²) in [7, 11) is -2.44. The van der Waals surface area contributed by atoms with E-state index in [9.17, 15) is 12.8 Å². The first kappa shape index (κ1) is 14.3. The van der Waals surface area contributed by atoms with Gasteiger partial charge >= 0.3 is 0 Å². The Balaban J connectivity index is 3.13. The van der Waals surface area contributed by atoms with Crippen molar-refractivity contribution in [1.82, 2.24) is 4.31 Å². The van der Waals surface area contributed by atoms with Crippen molar-refractivity contribution < 1.29 is 12.8 Å². The summed E-state index contributed by atoms with van der Waals surface area (Å²) in [6, 6.07) is 3.84. The van der Waals surface area contributed by atoms with E-state index in [4.69, 9.17) is 5.73 Å². The van der Waals surface area contributed by atoms with Crippen molar-refractivity contribution >= 4 is 27.5 Å². The minimum Gasteiger partial charge on any atom is -0.398 e.